The number of hydrogen-bond acceptors (Lipinski definition) is 5. The summed E-state index contributed by atoms with van der Waals surface area (Å²) in [6.07, 6.45) is 1.39. The summed E-state index contributed by atoms with van der Waals surface area (Å²) in [5, 5.41) is 13.4. The quantitative estimate of drug-likeness (QED) is 0.833. The molecule has 0 bridgehead atoms. The minimum absolute atomic E-state index is 0.0251. The first kappa shape index (κ1) is 14.2. The summed E-state index contributed by atoms with van der Waals surface area (Å²) in [5.74, 6) is -0.964. The van der Waals surface area contributed by atoms with E-state index in [4.69, 9.17) is 0 Å². The fourth-order valence-electron chi connectivity index (χ4n) is 2.51. The fourth-order valence-corrected chi connectivity index (χ4v) is 2.51. The molecule has 0 saturated carbocycles. The van der Waals surface area contributed by atoms with Crippen LogP contribution in [0.25, 0.3) is 0 Å². The van der Waals surface area contributed by atoms with Crippen LogP contribution in [0.2, 0.25) is 0 Å². The number of benzene rings is 1. The third-order valence-electron chi connectivity index (χ3n) is 3.68. The van der Waals surface area contributed by atoms with Crippen LogP contribution in [0.5, 0.6) is 0 Å². The van der Waals surface area contributed by atoms with Gasteiger partial charge in [-0.15, -0.1) is 0 Å². The molecule has 2 heterocycles. The first-order valence-electron chi connectivity index (χ1n) is 6.71. The van der Waals surface area contributed by atoms with E-state index in [9.17, 15) is 14.7 Å². The van der Waals surface area contributed by atoms with Gasteiger partial charge in [0.25, 0.3) is 5.91 Å². The van der Waals surface area contributed by atoms with Crippen molar-refractivity contribution in [1.29, 1.82) is 0 Å². The minimum atomic E-state index is -1.66. The normalized spacial score (nSPS) is 19.5. The molecule has 1 aromatic carbocycles. The molecule has 0 spiro atoms. The van der Waals surface area contributed by atoms with Gasteiger partial charge >= 0.3 is 5.97 Å². The van der Waals surface area contributed by atoms with Crippen molar-refractivity contribution in [3.05, 3.63) is 59.4 Å². The van der Waals surface area contributed by atoms with Crippen molar-refractivity contribution in [3.63, 3.8) is 0 Å². The Labute approximate surface area is 126 Å². The van der Waals surface area contributed by atoms with Gasteiger partial charge in [-0.05, 0) is 18.2 Å². The molecule has 1 aliphatic rings. The zero-order valence-corrected chi connectivity index (χ0v) is 11.9. The number of rotatable bonds is 3. The molecule has 6 nitrogen and oxygen atoms in total. The van der Waals surface area contributed by atoms with Crippen LogP contribution in [0.15, 0.2) is 42.6 Å². The van der Waals surface area contributed by atoms with Crippen molar-refractivity contribution < 1.29 is 19.4 Å². The Bertz CT molecular complexity index is 742. The van der Waals surface area contributed by atoms with E-state index in [1.165, 1.54) is 13.3 Å². The highest BCUT2D eigenvalue weighted by Crippen LogP contribution is 2.37. The molecule has 0 fully saturated rings. The fraction of sp³-hybridized carbons (Fsp3) is 0.188. The van der Waals surface area contributed by atoms with Crippen molar-refractivity contribution >= 4 is 17.6 Å². The van der Waals surface area contributed by atoms with Crippen molar-refractivity contribution in [2.24, 2.45) is 0 Å². The van der Waals surface area contributed by atoms with Crippen LogP contribution in [0.3, 0.4) is 0 Å². The molecule has 1 atom stereocenters. The first-order chi connectivity index (χ1) is 10.5. The Kier molecular flexibility index (Phi) is 3.38. The number of aliphatic hydroxyl groups is 1. The van der Waals surface area contributed by atoms with Crippen LogP contribution in [-0.4, -0.2) is 29.1 Å². The van der Waals surface area contributed by atoms with E-state index >= 15 is 0 Å². The Morgan fingerprint density at radius 1 is 1.32 bits per heavy atom. The van der Waals surface area contributed by atoms with Crippen LogP contribution in [-0.2, 0) is 21.6 Å². The molecule has 0 radical (unpaired) electrons. The van der Waals surface area contributed by atoms with Gasteiger partial charge in [-0.2, -0.15) is 0 Å². The molecule has 1 aromatic heterocycles. The molecule has 2 N–H and O–H groups in total. The number of methoxy groups -OCH3 is 1. The second-order valence-electron chi connectivity index (χ2n) is 5.07. The van der Waals surface area contributed by atoms with E-state index in [0.29, 0.717) is 22.5 Å². The predicted molar refractivity (Wildman–Crippen MR) is 78.2 cm³/mol. The number of nitrogens with zero attached hydrogens (tertiary/aromatic N) is 1. The highest BCUT2D eigenvalue weighted by atomic mass is 16.5. The number of nitrogens with one attached hydrogen (secondary N) is 1. The Hall–Kier alpha value is -2.73. The highest BCUT2D eigenvalue weighted by Gasteiger charge is 2.45. The molecule has 22 heavy (non-hydrogen) atoms. The van der Waals surface area contributed by atoms with Crippen molar-refractivity contribution in [3.8, 4) is 0 Å². The molecule has 1 unspecified atom stereocenters. The lowest BCUT2D eigenvalue weighted by Gasteiger charge is -2.20. The van der Waals surface area contributed by atoms with Gasteiger partial charge < -0.3 is 15.2 Å². The average Bonchev–Trinajstić information content (AvgIpc) is 2.79. The summed E-state index contributed by atoms with van der Waals surface area (Å²) >= 11 is 0. The third kappa shape index (κ3) is 2.23. The molecule has 1 amide bonds. The predicted octanol–water partition coefficient (Wildman–Crippen LogP) is 1.25. The highest BCUT2D eigenvalue weighted by molar-refractivity contribution is 6.05. The van der Waals surface area contributed by atoms with Crippen LogP contribution in [0.4, 0.5) is 5.69 Å². The number of pyridine rings is 1. The maximum atomic E-state index is 12.1. The molecule has 0 saturated heterocycles. The Morgan fingerprint density at radius 2 is 2.09 bits per heavy atom. The largest absolute Gasteiger partial charge is 0.465 e. The lowest BCUT2D eigenvalue weighted by atomic mass is 9.90. The van der Waals surface area contributed by atoms with Gasteiger partial charge in [0.1, 0.15) is 0 Å². The summed E-state index contributed by atoms with van der Waals surface area (Å²) in [7, 11) is 1.29. The van der Waals surface area contributed by atoms with Gasteiger partial charge in [-0.25, -0.2) is 4.79 Å². The van der Waals surface area contributed by atoms with Gasteiger partial charge in [0.05, 0.1) is 12.7 Å². The average molecular weight is 298 g/mol. The van der Waals surface area contributed by atoms with Crippen LogP contribution >= 0.6 is 0 Å². The number of aromatic nitrogens is 1. The smallest absolute Gasteiger partial charge is 0.339 e. The zero-order valence-electron chi connectivity index (χ0n) is 11.9. The summed E-state index contributed by atoms with van der Waals surface area (Å²) in [6, 6.07) is 10.1. The number of fused-ring (bicyclic) bond motifs is 1. The number of hydrogen-bond donors (Lipinski definition) is 2. The van der Waals surface area contributed by atoms with Crippen molar-refractivity contribution in [2.45, 2.75) is 12.0 Å². The van der Waals surface area contributed by atoms with Crippen LogP contribution in [0.1, 0.15) is 21.6 Å². The number of amides is 1. The number of esters is 1. The minimum Gasteiger partial charge on any atom is -0.465 e. The summed E-state index contributed by atoms with van der Waals surface area (Å²) in [6.45, 7) is 0. The van der Waals surface area contributed by atoms with Crippen LogP contribution in [0, 0.1) is 0 Å². The topological polar surface area (TPSA) is 88.5 Å². The zero-order chi connectivity index (χ0) is 15.7. The molecule has 3 rings (SSSR count). The number of para-hydroxylation sites is 1. The summed E-state index contributed by atoms with van der Waals surface area (Å²) in [4.78, 5) is 27.6. The SMILES string of the molecule is COC(=O)c1ccc(CC2(O)C(=O)Nc3ccccc32)nc1. The molecule has 2 aromatic rings. The second-order valence-corrected chi connectivity index (χ2v) is 5.07. The number of carbonyl (C=O) groups excluding carboxylic acids is 2. The lowest BCUT2D eigenvalue weighted by molar-refractivity contribution is -0.133. The Balaban J connectivity index is 1.89. The van der Waals surface area contributed by atoms with E-state index in [0.717, 1.165) is 0 Å². The van der Waals surface area contributed by atoms with Gasteiger partial charge in [0.15, 0.2) is 5.60 Å². The number of ether oxygens (including phenoxy) is 1. The maximum absolute atomic E-state index is 12.1. The van der Waals surface area contributed by atoms with Crippen LogP contribution < -0.4 is 5.32 Å². The summed E-state index contributed by atoms with van der Waals surface area (Å²) in [5.41, 5.74) is 0.285. The number of anilines is 1. The van der Waals surface area contributed by atoms with Gasteiger partial charge in [-0.1, -0.05) is 18.2 Å². The Morgan fingerprint density at radius 3 is 2.77 bits per heavy atom. The van der Waals surface area contributed by atoms with E-state index in [1.807, 2.05) is 0 Å². The third-order valence-corrected chi connectivity index (χ3v) is 3.68. The van der Waals surface area contributed by atoms with Crippen molar-refractivity contribution in [1.82, 2.24) is 4.98 Å². The van der Waals surface area contributed by atoms with E-state index in [-0.39, 0.29) is 6.42 Å². The van der Waals surface area contributed by atoms with E-state index < -0.39 is 17.5 Å². The van der Waals surface area contributed by atoms with E-state index in [1.54, 1.807) is 36.4 Å². The molecule has 1 aliphatic heterocycles. The monoisotopic (exact) mass is 298 g/mol. The molecular formula is C16H14N2O4. The standard InChI is InChI=1S/C16H14N2O4/c1-22-14(19)10-6-7-11(17-9-10)8-16(21)12-4-2-3-5-13(12)18-15(16)20/h2-7,9,21H,8H2,1H3,(H,18,20). The lowest BCUT2D eigenvalue weighted by Crippen LogP contribution is -2.36. The molecule has 0 aliphatic carbocycles. The van der Waals surface area contributed by atoms with E-state index in [2.05, 4.69) is 15.0 Å². The molecule has 112 valence electrons. The van der Waals surface area contributed by atoms with Gasteiger partial charge in [0.2, 0.25) is 0 Å². The maximum Gasteiger partial charge on any atom is 0.339 e. The first-order valence-corrected chi connectivity index (χ1v) is 6.71. The molecule has 6 heteroatoms. The van der Waals surface area contributed by atoms with Gasteiger partial charge in [0, 0.05) is 29.6 Å². The summed E-state index contributed by atoms with van der Waals surface area (Å²) < 4.78 is 4.60. The van der Waals surface area contributed by atoms with Gasteiger partial charge in [-0.3, -0.25) is 9.78 Å². The number of carbonyl (C=O) groups is 2. The second kappa shape index (κ2) is 5.23. The molecular weight excluding hydrogens is 284 g/mol. The van der Waals surface area contributed by atoms with Crippen molar-refractivity contribution in [2.75, 3.05) is 12.4 Å².